The third-order valence-corrected chi connectivity index (χ3v) is 4.28. The Morgan fingerprint density at radius 2 is 1.61 bits per heavy atom. The Morgan fingerprint density at radius 3 is 2.13 bits per heavy atom. The molecule has 1 saturated heterocycles. The molecule has 2 aromatic carbocycles. The highest BCUT2D eigenvalue weighted by Gasteiger charge is 2.31. The molecule has 2 amide bonds. The number of hydrogen-bond acceptors (Lipinski definition) is 2. The first-order chi connectivity index (χ1) is 11.3. The Kier molecular flexibility index (Phi) is 4.71. The molecule has 0 radical (unpaired) electrons. The number of amides is 2. The molecule has 1 atom stereocenters. The molecule has 0 aromatic heterocycles. The summed E-state index contributed by atoms with van der Waals surface area (Å²) in [5.41, 5.74) is 2.06. The van der Waals surface area contributed by atoms with Gasteiger partial charge in [0.1, 0.15) is 6.04 Å². The van der Waals surface area contributed by atoms with Crippen molar-refractivity contribution in [1.29, 1.82) is 0 Å². The van der Waals surface area contributed by atoms with Crippen molar-refractivity contribution in [2.24, 2.45) is 0 Å². The highest BCUT2D eigenvalue weighted by molar-refractivity contribution is 5.84. The molecule has 0 aliphatic carbocycles. The number of nitrogens with one attached hydrogen (secondary N) is 1. The van der Waals surface area contributed by atoms with Gasteiger partial charge in [-0.3, -0.25) is 9.59 Å². The minimum Gasteiger partial charge on any atom is -0.343 e. The largest absolute Gasteiger partial charge is 0.343 e. The molecule has 4 heteroatoms. The molecule has 4 nitrogen and oxygen atoms in total. The fourth-order valence-corrected chi connectivity index (χ4v) is 3.09. The van der Waals surface area contributed by atoms with Gasteiger partial charge in [-0.25, -0.2) is 0 Å². The first-order valence-corrected chi connectivity index (χ1v) is 7.91. The zero-order valence-corrected chi connectivity index (χ0v) is 12.9. The van der Waals surface area contributed by atoms with Crippen LogP contribution in [0.4, 0.5) is 0 Å². The van der Waals surface area contributed by atoms with E-state index in [9.17, 15) is 9.59 Å². The SMILES string of the molecule is O=CN1CCCC1C(=O)NC(c1ccccc1)c1ccccc1. The van der Waals surface area contributed by atoms with E-state index in [1.165, 1.54) is 0 Å². The van der Waals surface area contributed by atoms with Crippen LogP contribution in [0.1, 0.15) is 30.0 Å². The van der Waals surface area contributed by atoms with Gasteiger partial charge >= 0.3 is 0 Å². The Bertz CT molecular complexity index is 618. The lowest BCUT2D eigenvalue weighted by Gasteiger charge is -2.24. The molecule has 0 bridgehead atoms. The van der Waals surface area contributed by atoms with Crippen molar-refractivity contribution in [2.45, 2.75) is 24.9 Å². The number of nitrogens with zero attached hydrogens (tertiary/aromatic N) is 1. The maximum Gasteiger partial charge on any atom is 0.243 e. The maximum atomic E-state index is 12.7. The minimum absolute atomic E-state index is 0.0905. The predicted octanol–water partition coefficient (Wildman–Crippen LogP) is 2.51. The quantitative estimate of drug-likeness (QED) is 0.863. The van der Waals surface area contributed by atoms with Crippen LogP contribution in [0.15, 0.2) is 60.7 Å². The molecule has 1 heterocycles. The fourth-order valence-electron chi connectivity index (χ4n) is 3.09. The summed E-state index contributed by atoms with van der Waals surface area (Å²) >= 11 is 0. The number of carbonyl (C=O) groups excluding carboxylic acids is 2. The Hall–Kier alpha value is -2.62. The van der Waals surface area contributed by atoms with Crippen molar-refractivity contribution in [3.05, 3.63) is 71.8 Å². The van der Waals surface area contributed by atoms with E-state index in [0.29, 0.717) is 6.54 Å². The lowest BCUT2D eigenvalue weighted by Crippen LogP contribution is -2.44. The van der Waals surface area contributed by atoms with Gasteiger partial charge in [0.05, 0.1) is 6.04 Å². The molecule has 1 fully saturated rings. The van der Waals surface area contributed by atoms with Crippen LogP contribution in [0, 0.1) is 0 Å². The van der Waals surface area contributed by atoms with Crippen molar-refractivity contribution in [2.75, 3.05) is 6.54 Å². The summed E-state index contributed by atoms with van der Waals surface area (Å²) in [5, 5.41) is 3.12. The molecule has 2 aromatic rings. The van der Waals surface area contributed by atoms with Crippen molar-refractivity contribution in [3.8, 4) is 0 Å². The van der Waals surface area contributed by atoms with Crippen LogP contribution in [0.25, 0.3) is 0 Å². The molecule has 1 N–H and O–H groups in total. The van der Waals surface area contributed by atoms with Gasteiger partial charge < -0.3 is 10.2 Å². The standard InChI is InChI=1S/C19H20N2O2/c22-14-21-13-7-12-17(21)19(23)20-18(15-8-3-1-4-9-15)16-10-5-2-6-11-16/h1-6,8-11,14,17-18H,7,12-13H2,(H,20,23). The second-order valence-corrected chi connectivity index (χ2v) is 5.76. The lowest BCUT2D eigenvalue weighted by molar-refractivity contribution is -0.131. The smallest absolute Gasteiger partial charge is 0.243 e. The zero-order valence-electron chi connectivity index (χ0n) is 12.9. The molecular weight excluding hydrogens is 288 g/mol. The summed E-state index contributed by atoms with van der Waals surface area (Å²) in [7, 11) is 0. The normalized spacial score (nSPS) is 17.3. The molecule has 3 rings (SSSR count). The van der Waals surface area contributed by atoms with Crippen LogP contribution in [-0.2, 0) is 9.59 Å². The summed E-state index contributed by atoms with van der Waals surface area (Å²) in [5.74, 6) is -0.0905. The minimum atomic E-state index is -0.359. The number of likely N-dealkylation sites (tertiary alicyclic amines) is 1. The van der Waals surface area contributed by atoms with E-state index >= 15 is 0 Å². The summed E-state index contributed by atoms with van der Waals surface area (Å²) in [6.45, 7) is 0.656. The number of carbonyl (C=O) groups is 2. The fraction of sp³-hybridized carbons (Fsp3) is 0.263. The molecule has 0 spiro atoms. The highest BCUT2D eigenvalue weighted by Crippen LogP contribution is 2.23. The Balaban J connectivity index is 1.85. The van der Waals surface area contributed by atoms with E-state index < -0.39 is 0 Å². The van der Waals surface area contributed by atoms with Gasteiger partial charge in [-0.05, 0) is 24.0 Å². The molecule has 1 aliphatic heterocycles. The first-order valence-electron chi connectivity index (χ1n) is 7.91. The van der Waals surface area contributed by atoms with Crippen molar-refractivity contribution in [3.63, 3.8) is 0 Å². The number of benzene rings is 2. The van der Waals surface area contributed by atoms with E-state index in [1.54, 1.807) is 4.90 Å². The summed E-state index contributed by atoms with van der Waals surface area (Å²) in [4.78, 5) is 25.3. The van der Waals surface area contributed by atoms with Crippen LogP contribution < -0.4 is 5.32 Å². The molecular formula is C19H20N2O2. The molecule has 118 valence electrons. The van der Waals surface area contributed by atoms with Crippen LogP contribution in [0.5, 0.6) is 0 Å². The zero-order chi connectivity index (χ0) is 16.1. The second kappa shape index (κ2) is 7.09. The van der Waals surface area contributed by atoms with Crippen molar-refractivity contribution < 1.29 is 9.59 Å². The first kappa shape index (κ1) is 15.3. The molecule has 0 saturated carbocycles. The molecule has 1 unspecified atom stereocenters. The van der Waals surface area contributed by atoms with Crippen LogP contribution in [0.3, 0.4) is 0 Å². The molecule has 1 aliphatic rings. The van der Waals surface area contributed by atoms with Gasteiger partial charge in [-0.1, -0.05) is 60.7 Å². The average molecular weight is 308 g/mol. The van der Waals surface area contributed by atoms with Crippen LogP contribution >= 0.6 is 0 Å². The predicted molar refractivity (Wildman–Crippen MR) is 88.7 cm³/mol. The van der Waals surface area contributed by atoms with Gasteiger partial charge in [0, 0.05) is 6.54 Å². The van der Waals surface area contributed by atoms with Gasteiger partial charge in [0.25, 0.3) is 0 Å². The van der Waals surface area contributed by atoms with E-state index in [0.717, 1.165) is 30.4 Å². The van der Waals surface area contributed by atoms with Crippen molar-refractivity contribution in [1.82, 2.24) is 10.2 Å². The highest BCUT2D eigenvalue weighted by atomic mass is 16.2. The van der Waals surface area contributed by atoms with E-state index in [1.807, 2.05) is 60.7 Å². The molecule has 23 heavy (non-hydrogen) atoms. The summed E-state index contributed by atoms with van der Waals surface area (Å²) < 4.78 is 0. The van der Waals surface area contributed by atoms with Gasteiger partial charge in [0.15, 0.2) is 0 Å². The number of hydrogen-bond donors (Lipinski definition) is 1. The lowest BCUT2D eigenvalue weighted by atomic mass is 9.98. The monoisotopic (exact) mass is 308 g/mol. The maximum absolute atomic E-state index is 12.7. The Labute approximate surface area is 136 Å². The van der Waals surface area contributed by atoms with Gasteiger partial charge in [0.2, 0.25) is 12.3 Å². The van der Waals surface area contributed by atoms with Crippen molar-refractivity contribution >= 4 is 12.3 Å². The van der Waals surface area contributed by atoms with Gasteiger partial charge in [-0.15, -0.1) is 0 Å². The second-order valence-electron chi connectivity index (χ2n) is 5.76. The van der Waals surface area contributed by atoms with Gasteiger partial charge in [-0.2, -0.15) is 0 Å². The summed E-state index contributed by atoms with van der Waals surface area (Å²) in [6.07, 6.45) is 2.37. The van der Waals surface area contributed by atoms with Crippen LogP contribution in [-0.4, -0.2) is 29.8 Å². The van der Waals surface area contributed by atoms with E-state index in [2.05, 4.69) is 5.32 Å². The van der Waals surface area contributed by atoms with Crippen LogP contribution in [0.2, 0.25) is 0 Å². The van der Waals surface area contributed by atoms with E-state index in [4.69, 9.17) is 0 Å². The topological polar surface area (TPSA) is 49.4 Å². The van der Waals surface area contributed by atoms with E-state index in [-0.39, 0.29) is 18.0 Å². The average Bonchev–Trinajstić information content (AvgIpc) is 3.10. The third-order valence-electron chi connectivity index (χ3n) is 4.28. The third kappa shape index (κ3) is 3.42. The Morgan fingerprint density at radius 1 is 1.04 bits per heavy atom. The number of rotatable bonds is 5. The summed E-state index contributed by atoms with van der Waals surface area (Å²) in [6, 6.07) is 19.2.